The van der Waals surface area contributed by atoms with E-state index in [1.807, 2.05) is 12.2 Å². The molecule has 0 fully saturated rings. The largest absolute Gasteiger partial charge is 0.494 e. The summed E-state index contributed by atoms with van der Waals surface area (Å²) >= 11 is 0. The van der Waals surface area contributed by atoms with Gasteiger partial charge in [0.25, 0.3) is 5.95 Å². The Kier molecular flexibility index (Phi) is 7.11. The van der Waals surface area contributed by atoms with Crippen molar-refractivity contribution in [2.24, 2.45) is 0 Å². The topological polar surface area (TPSA) is 65.0 Å². The molecule has 1 aliphatic carbocycles. The minimum Gasteiger partial charge on any atom is -0.494 e. The smallest absolute Gasteiger partial charge is 0.343 e. The van der Waals surface area contributed by atoms with Crippen LogP contribution in [0.5, 0.6) is 17.2 Å². The summed E-state index contributed by atoms with van der Waals surface area (Å²) < 4.78 is 16.4. The molecule has 1 N–H and O–H groups in total. The van der Waals surface area contributed by atoms with Crippen molar-refractivity contribution in [3.8, 4) is 17.2 Å². The number of allylic oxidation sites excluding steroid dienone is 5. The molecule has 0 spiro atoms. The summed E-state index contributed by atoms with van der Waals surface area (Å²) in [6, 6.07) is 13.4. The first-order valence-corrected chi connectivity index (χ1v) is 9.66. The van der Waals surface area contributed by atoms with Gasteiger partial charge in [-0.2, -0.15) is 0 Å². The van der Waals surface area contributed by atoms with Crippen LogP contribution >= 0.6 is 0 Å². The highest BCUT2D eigenvalue weighted by atomic mass is 16.6. The summed E-state index contributed by atoms with van der Waals surface area (Å²) in [5.41, 5.74) is 1.03. The molecular weight excluding hydrogens is 368 g/mol. The second kappa shape index (κ2) is 10.2. The maximum atomic E-state index is 12.3. The Morgan fingerprint density at radius 1 is 0.828 bits per heavy atom. The number of benzene rings is 2. The number of unbranched alkanes of at least 4 members (excludes halogenated alkanes) is 2. The lowest BCUT2D eigenvalue weighted by Crippen LogP contribution is -2.08. The normalized spacial score (nSPS) is 12.1. The number of ether oxygens (including phenoxy) is 3. The van der Waals surface area contributed by atoms with Crippen molar-refractivity contribution in [1.82, 2.24) is 0 Å². The minimum atomic E-state index is -0.456. The van der Waals surface area contributed by atoms with Gasteiger partial charge in [0.05, 0.1) is 17.7 Å². The Morgan fingerprint density at radius 2 is 1.41 bits per heavy atom. The molecule has 0 aromatic heterocycles. The van der Waals surface area contributed by atoms with Crippen LogP contribution in [0.4, 0.5) is 0 Å². The quantitative estimate of drug-likeness (QED) is 0.255. The highest BCUT2D eigenvalue weighted by molar-refractivity contribution is 5.91. The average molecular weight is 392 g/mol. The third kappa shape index (κ3) is 6.01. The van der Waals surface area contributed by atoms with Gasteiger partial charge in [-0.1, -0.05) is 31.9 Å². The van der Waals surface area contributed by atoms with Gasteiger partial charge in [0.1, 0.15) is 17.2 Å². The summed E-state index contributed by atoms with van der Waals surface area (Å²) in [6.07, 6.45) is 10.4. The van der Waals surface area contributed by atoms with E-state index in [2.05, 4.69) is 6.92 Å². The minimum absolute atomic E-state index is 0.184. The Labute approximate surface area is 170 Å². The summed E-state index contributed by atoms with van der Waals surface area (Å²) in [5, 5.41) is 9.93. The van der Waals surface area contributed by atoms with Crippen LogP contribution in [-0.4, -0.2) is 17.7 Å². The van der Waals surface area contributed by atoms with Gasteiger partial charge < -0.3 is 19.3 Å². The highest BCUT2D eigenvalue weighted by Gasteiger charge is 2.10. The number of rotatable bonds is 9. The molecule has 5 heteroatoms. The third-order valence-electron chi connectivity index (χ3n) is 4.27. The number of hydrogen-bond acceptors (Lipinski definition) is 5. The maximum Gasteiger partial charge on any atom is 0.343 e. The van der Waals surface area contributed by atoms with Crippen molar-refractivity contribution in [1.29, 1.82) is 0 Å². The van der Waals surface area contributed by atoms with Gasteiger partial charge in [-0.05, 0) is 67.1 Å². The third-order valence-corrected chi connectivity index (χ3v) is 4.27. The molecule has 0 saturated carbocycles. The predicted octanol–water partition coefficient (Wildman–Crippen LogP) is 5.75. The van der Waals surface area contributed by atoms with Crippen molar-refractivity contribution in [3.05, 3.63) is 89.9 Å². The molecular formula is C24H24O5. The zero-order valence-electron chi connectivity index (χ0n) is 16.3. The molecule has 0 bridgehead atoms. The van der Waals surface area contributed by atoms with E-state index in [0.717, 1.165) is 25.0 Å². The van der Waals surface area contributed by atoms with Crippen LogP contribution in [0.1, 0.15) is 36.5 Å². The molecule has 0 heterocycles. The fraction of sp³-hybridized carbons (Fsp3) is 0.208. The molecule has 5 nitrogen and oxygen atoms in total. The fourth-order valence-electron chi connectivity index (χ4n) is 2.66. The molecule has 0 aliphatic heterocycles. The van der Waals surface area contributed by atoms with E-state index in [-0.39, 0.29) is 5.95 Å². The average Bonchev–Trinajstić information content (AvgIpc) is 3.28. The predicted molar refractivity (Wildman–Crippen MR) is 111 cm³/mol. The maximum absolute atomic E-state index is 12.3. The van der Waals surface area contributed by atoms with E-state index in [4.69, 9.17) is 14.2 Å². The second-order valence-corrected chi connectivity index (χ2v) is 6.52. The van der Waals surface area contributed by atoms with Crippen LogP contribution in [0.15, 0.2) is 84.4 Å². The van der Waals surface area contributed by atoms with E-state index in [0.29, 0.717) is 29.2 Å². The van der Waals surface area contributed by atoms with E-state index < -0.39 is 5.97 Å². The monoisotopic (exact) mass is 392 g/mol. The standard InChI is InChI=1S/C24H24O5/c1-2-3-6-17-27-20-11-9-19(10-12-20)24(26)29-22-15-13-21(14-16-22)28-23(25)18-7-4-5-8-18/h4-5,7-16,25H,2-3,6,17H2,1H3. The van der Waals surface area contributed by atoms with E-state index in [1.54, 1.807) is 60.7 Å². The molecule has 1 aliphatic rings. The zero-order valence-corrected chi connectivity index (χ0v) is 16.3. The zero-order chi connectivity index (χ0) is 20.5. The molecule has 0 unspecified atom stereocenters. The Bertz CT molecular complexity index is 891. The van der Waals surface area contributed by atoms with Gasteiger partial charge in [0, 0.05) is 0 Å². The number of aliphatic hydroxyl groups excluding tert-OH is 1. The van der Waals surface area contributed by atoms with Gasteiger partial charge >= 0.3 is 5.97 Å². The van der Waals surface area contributed by atoms with E-state index in [1.165, 1.54) is 0 Å². The van der Waals surface area contributed by atoms with E-state index >= 15 is 0 Å². The molecule has 2 aromatic carbocycles. The van der Waals surface area contributed by atoms with Crippen LogP contribution in [0.2, 0.25) is 0 Å². The Balaban J connectivity index is 1.53. The molecule has 0 amide bonds. The fourth-order valence-corrected chi connectivity index (χ4v) is 2.66. The van der Waals surface area contributed by atoms with Crippen molar-refractivity contribution in [2.45, 2.75) is 26.2 Å². The number of carbonyl (C=O) groups is 1. The molecule has 0 atom stereocenters. The van der Waals surface area contributed by atoms with Crippen LogP contribution < -0.4 is 14.2 Å². The van der Waals surface area contributed by atoms with Gasteiger partial charge in [0.15, 0.2) is 0 Å². The lowest BCUT2D eigenvalue weighted by Gasteiger charge is -2.09. The molecule has 3 rings (SSSR count). The van der Waals surface area contributed by atoms with Crippen molar-refractivity contribution >= 4 is 5.97 Å². The van der Waals surface area contributed by atoms with Gasteiger partial charge in [0.2, 0.25) is 0 Å². The molecule has 2 aromatic rings. The number of carbonyl (C=O) groups excluding carboxylic acids is 1. The lowest BCUT2D eigenvalue weighted by molar-refractivity contribution is 0.0734. The summed E-state index contributed by atoms with van der Waals surface area (Å²) in [6.45, 7) is 2.82. The Morgan fingerprint density at radius 3 is 2.03 bits per heavy atom. The summed E-state index contributed by atoms with van der Waals surface area (Å²) in [7, 11) is 0. The molecule has 150 valence electrons. The van der Waals surface area contributed by atoms with E-state index in [9.17, 15) is 9.90 Å². The second-order valence-electron chi connectivity index (χ2n) is 6.52. The summed E-state index contributed by atoms with van der Waals surface area (Å²) in [4.78, 5) is 12.3. The summed E-state index contributed by atoms with van der Waals surface area (Å²) in [5.74, 6) is 0.919. The van der Waals surface area contributed by atoms with Gasteiger partial charge in [-0.15, -0.1) is 0 Å². The van der Waals surface area contributed by atoms with Crippen LogP contribution in [0.25, 0.3) is 0 Å². The first kappa shape index (κ1) is 20.3. The van der Waals surface area contributed by atoms with Crippen LogP contribution in [0.3, 0.4) is 0 Å². The van der Waals surface area contributed by atoms with Gasteiger partial charge in [-0.3, -0.25) is 0 Å². The number of esters is 1. The van der Waals surface area contributed by atoms with Crippen molar-refractivity contribution < 1.29 is 24.1 Å². The molecule has 29 heavy (non-hydrogen) atoms. The number of hydrogen-bond donors (Lipinski definition) is 1. The van der Waals surface area contributed by atoms with Crippen LogP contribution in [0, 0.1) is 0 Å². The van der Waals surface area contributed by atoms with Gasteiger partial charge in [-0.25, -0.2) is 4.79 Å². The Hall–Kier alpha value is -3.47. The first-order valence-electron chi connectivity index (χ1n) is 9.66. The highest BCUT2D eigenvalue weighted by Crippen LogP contribution is 2.22. The SMILES string of the molecule is CCCCCOc1ccc(C(=O)Oc2ccc(OC(O)=C3C=CC=C3)cc2)cc1. The van der Waals surface area contributed by atoms with Crippen molar-refractivity contribution in [3.63, 3.8) is 0 Å². The number of aliphatic hydroxyl groups is 1. The first-order chi connectivity index (χ1) is 14.2. The van der Waals surface area contributed by atoms with Crippen molar-refractivity contribution in [2.75, 3.05) is 6.61 Å². The van der Waals surface area contributed by atoms with Crippen LogP contribution in [-0.2, 0) is 0 Å². The lowest BCUT2D eigenvalue weighted by atomic mass is 10.2. The molecule has 0 saturated heterocycles. The molecule has 0 radical (unpaired) electrons.